The first-order chi connectivity index (χ1) is 7.59. The molecule has 2 aromatic rings. The van der Waals surface area contributed by atoms with Crippen molar-refractivity contribution in [1.29, 1.82) is 0 Å². The van der Waals surface area contributed by atoms with E-state index < -0.39 is 11.5 Å². The molecular weight excluding hydrogens is 275 g/mol. The van der Waals surface area contributed by atoms with Crippen LogP contribution in [0.15, 0.2) is 33.7 Å². The van der Waals surface area contributed by atoms with E-state index in [-0.39, 0.29) is 0 Å². The summed E-state index contributed by atoms with van der Waals surface area (Å²) in [4.78, 5) is 17.2. The fourth-order valence-electron chi connectivity index (χ4n) is 1.43. The van der Waals surface area contributed by atoms with Crippen LogP contribution in [0.25, 0.3) is 11.3 Å². The van der Waals surface area contributed by atoms with E-state index in [9.17, 15) is 9.18 Å². The van der Waals surface area contributed by atoms with Crippen molar-refractivity contribution < 1.29 is 4.39 Å². The topological polar surface area (TPSA) is 45.8 Å². The quantitative estimate of drug-likeness (QED) is 0.874. The van der Waals surface area contributed by atoms with Gasteiger partial charge in [-0.2, -0.15) is 0 Å². The van der Waals surface area contributed by atoms with E-state index in [2.05, 4.69) is 25.9 Å². The van der Waals surface area contributed by atoms with Gasteiger partial charge in [-0.1, -0.05) is 6.07 Å². The molecule has 5 heteroatoms. The number of nitrogens with zero attached hydrogens (tertiary/aromatic N) is 1. The minimum absolute atomic E-state index is 0.353. The smallest absolute Gasteiger partial charge is 0.305 e. The lowest BCUT2D eigenvalue weighted by atomic mass is 10.1. The summed E-state index contributed by atoms with van der Waals surface area (Å²) in [6, 6.07) is 4.92. The maximum absolute atomic E-state index is 13.8. The fourth-order valence-corrected chi connectivity index (χ4v) is 1.80. The lowest BCUT2D eigenvalue weighted by molar-refractivity contribution is 0.623. The number of benzene rings is 1. The average Bonchev–Trinajstić information content (AvgIpc) is 2.26. The molecule has 16 heavy (non-hydrogen) atoms. The molecule has 0 unspecified atom stereocenters. The van der Waals surface area contributed by atoms with Crippen LogP contribution in [0, 0.1) is 12.7 Å². The molecule has 2 rings (SSSR count). The Labute approximate surface area is 99.5 Å². The highest BCUT2D eigenvalue weighted by molar-refractivity contribution is 9.10. The number of aromatic nitrogens is 2. The molecule has 0 saturated heterocycles. The van der Waals surface area contributed by atoms with Crippen molar-refractivity contribution in [3.05, 3.63) is 50.7 Å². The number of halogens is 2. The van der Waals surface area contributed by atoms with Crippen LogP contribution in [-0.4, -0.2) is 9.97 Å². The zero-order chi connectivity index (χ0) is 11.7. The molecular formula is C11H8BrFN2O. The summed E-state index contributed by atoms with van der Waals surface area (Å²) >= 11 is 3.10. The lowest BCUT2D eigenvalue weighted by Crippen LogP contribution is -2.11. The van der Waals surface area contributed by atoms with E-state index >= 15 is 0 Å². The van der Waals surface area contributed by atoms with E-state index in [4.69, 9.17) is 0 Å². The summed E-state index contributed by atoms with van der Waals surface area (Å²) in [5, 5.41) is 0. The van der Waals surface area contributed by atoms with Crippen LogP contribution >= 0.6 is 15.9 Å². The molecule has 1 heterocycles. The second-order valence-corrected chi connectivity index (χ2v) is 4.20. The third-order valence-corrected chi connectivity index (χ3v) is 2.84. The summed E-state index contributed by atoms with van der Waals surface area (Å²) < 4.78 is 14.2. The second kappa shape index (κ2) is 4.17. The van der Waals surface area contributed by atoms with Gasteiger partial charge in [-0.05, 0) is 40.5 Å². The van der Waals surface area contributed by atoms with Crippen molar-refractivity contribution in [3.63, 3.8) is 0 Å². The molecule has 1 N–H and O–H groups in total. The van der Waals surface area contributed by atoms with Gasteiger partial charge in [0, 0.05) is 11.8 Å². The first-order valence-corrected chi connectivity index (χ1v) is 5.39. The summed E-state index contributed by atoms with van der Waals surface area (Å²) in [5.74, 6) is -0.396. The SMILES string of the molecule is Cc1cnc(=O)[nH]c1-c1cccc(Br)c1F. The summed E-state index contributed by atoms with van der Waals surface area (Å²) in [7, 11) is 0. The van der Waals surface area contributed by atoms with Gasteiger partial charge >= 0.3 is 5.69 Å². The average molecular weight is 283 g/mol. The minimum atomic E-state index is -0.486. The summed E-state index contributed by atoms with van der Waals surface area (Å²) in [6.45, 7) is 1.76. The van der Waals surface area contributed by atoms with Gasteiger partial charge in [-0.3, -0.25) is 0 Å². The van der Waals surface area contributed by atoms with Gasteiger partial charge in [0.15, 0.2) is 0 Å². The van der Waals surface area contributed by atoms with Crippen LogP contribution in [0.5, 0.6) is 0 Å². The summed E-state index contributed by atoms with van der Waals surface area (Å²) in [6.07, 6.45) is 1.43. The molecule has 82 valence electrons. The molecule has 1 aromatic carbocycles. The normalized spacial score (nSPS) is 10.4. The van der Waals surface area contributed by atoms with Gasteiger partial charge in [-0.15, -0.1) is 0 Å². The van der Waals surface area contributed by atoms with Gasteiger partial charge < -0.3 is 4.98 Å². The molecule has 0 saturated carbocycles. The van der Waals surface area contributed by atoms with E-state index in [1.165, 1.54) is 6.20 Å². The van der Waals surface area contributed by atoms with E-state index in [0.717, 1.165) is 5.56 Å². The van der Waals surface area contributed by atoms with Gasteiger partial charge in [0.05, 0.1) is 10.2 Å². The van der Waals surface area contributed by atoms with Gasteiger partial charge in [-0.25, -0.2) is 14.2 Å². The largest absolute Gasteiger partial charge is 0.345 e. The van der Waals surface area contributed by atoms with E-state index in [1.54, 1.807) is 25.1 Å². The number of aryl methyl sites for hydroxylation is 1. The van der Waals surface area contributed by atoms with Crippen LogP contribution in [0.2, 0.25) is 0 Å². The molecule has 0 fully saturated rings. The number of H-pyrrole nitrogens is 1. The molecule has 0 aliphatic rings. The number of rotatable bonds is 1. The predicted molar refractivity (Wildman–Crippen MR) is 62.7 cm³/mol. The Balaban J connectivity index is 2.72. The molecule has 0 amide bonds. The standard InChI is InChI=1S/C11H8BrFN2O/c1-6-5-14-11(16)15-10(6)7-3-2-4-8(12)9(7)13/h2-5H,1H3,(H,14,15,16). The molecule has 0 aliphatic carbocycles. The van der Waals surface area contributed by atoms with Crippen molar-refractivity contribution in [2.24, 2.45) is 0 Å². The highest BCUT2D eigenvalue weighted by Gasteiger charge is 2.11. The lowest BCUT2D eigenvalue weighted by Gasteiger charge is -2.06. The van der Waals surface area contributed by atoms with Crippen molar-refractivity contribution >= 4 is 15.9 Å². The van der Waals surface area contributed by atoms with Crippen molar-refractivity contribution in [1.82, 2.24) is 9.97 Å². The zero-order valence-corrected chi connectivity index (χ0v) is 10.0. The Morgan fingerprint density at radius 3 is 2.94 bits per heavy atom. The van der Waals surface area contributed by atoms with Crippen LogP contribution < -0.4 is 5.69 Å². The first-order valence-electron chi connectivity index (χ1n) is 4.60. The van der Waals surface area contributed by atoms with Crippen LogP contribution in [0.4, 0.5) is 4.39 Å². The maximum Gasteiger partial charge on any atom is 0.345 e. The van der Waals surface area contributed by atoms with E-state index in [1.807, 2.05) is 0 Å². The molecule has 0 atom stereocenters. The Kier molecular flexibility index (Phi) is 2.87. The fraction of sp³-hybridized carbons (Fsp3) is 0.0909. The highest BCUT2D eigenvalue weighted by Crippen LogP contribution is 2.27. The molecule has 0 bridgehead atoms. The monoisotopic (exact) mass is 282 g/mol. The zero-order valence-electron chi connectivity index (χ0n) is 8.42. The molecule has 3 nitrogen and oxygen atoms in total. The number of hydrogen-bond acceptors (Lipinski definition) is 2. The van der Waals surface area contributed by atoms with Gasteiger partial charge in [0.25, 0.3) is 0 Å². The van der Waals surface area contributed by atoms with Crippen molar-refractivity contribution in [3.8, 4) is 11.3 Å². The number of aromatic amines is 1. The highest BCUT2D eigenvalue weighted by atomic mass is 79.9. The number of hydrogen-bond donors (Lipinski definition) is 1. The van der Waals surface area contributed by atoms with Crippen molar-refractivity contribution in [2.45, 2.75) is 6.92 Å². The van der Waals surface area contributed by atoms with Crippen LogP contribution in [-0.2, 0) is 0 Å². The molecule has 0 spiro atoms. The molecule has 0 radical (unpaired) electrons. The Bertz CT molecular complexity index is 595. The predicted octanol–water partition coefficient (Wildman–Crippen LogP) is 2.65. The third kappa shape index (κ3) is 1.90. The molecule has 1 aromatic heterocycles. The Morgan fingerprint density at radius 2 is 2.19 bits per heavy atom. The van der Waals surface area contributed by atoms with E-state index in [0.29, 0.717) is 15.7 Å². The summed E-state index contributed by atoms with van der Waals surface area (Å²) in [5.41, 5.74) is 1.04. The molecule has 0 aliphatic heterocycles. The van der Waals surface area contributed by atoms with Crippen LogP contribution in [0.1, 0.15) is 5.56 Å². The van der Waals surface area contributed by atoms with Crippen molar-refractivity contribution in [2.75, 3.05) is 0 Å². The Morgan fingerprint density at radius 1 is 1.44 bits per heavy atom. The van der Waals surface area contributed by atoms with Crippen LogP contribution in [0.3, 0.4) is 0 Å². The minimum Gasteiger partial charge on any atom is -0.305 e. The van der Waals surface area contributed by atoms with Gasteiger partial charge in [0.2, 0.25) is 0 Å². The Hall–Kier alpha value is -1.49. The maximum atomic E-state index is 13.8. The third-order valence-electron chi connectivity index (χ3n) is 2.22. The van der Waals surface area contributed by atoms with Gasteiger partial charge in [0.1, 0.15) is 5.82 Å². The first kappa shape index (κ1) is 11.0. The second-order valence-electron chi connectivity index (χ2n) is 3.35. The number of nitrogens with one attached hydrogen (secondary N) is 1.